The van der Waals surface area contributed by atoms with E-state index < -0.39 is 6.04 Å². The molecule has 0 radical (unpaired) electrons. The van der Waals surface area contributed by atoms with Gasteiger partial charge in [-0.15, -0.1) is 0 Å². The molecule has 0 unspecified atom stereocenters. The number of hydrogen-bond acceptors (Lipinski definition) is 4. The first-order valence-electron chi connectivity index (χ1n) is 8.67. The molecule has 2 aromatic carbocycles. The van der Waals surface area contributed by atoms with Crippen LogP contribution in [-0.4, -0.2) is 25.0 Å². The molecule has 2 aromatic rings. The summed E-state index contributed by atoms with van der Waals surface area (Å²) in [5.41, 5.74) is 2.65. The van der Waals surface area contributed by atoms with Gasteiger partial charge in [0.1, 0.15) is 11.8 Å². The molecule has 0 aromatic heterocycles. The average molecular weight is 352 g/mol. The normalized spacial score (nSPS) is 17.5. The number of hydrogen-bond donors (Lipinski definition) is 1. The van der Waals surface area contributed by atoms with Crippen LogP contribution < -0.4 is 15.0 Å². The summed E-state index contributed by atoms with van der Waals surface area (Å²) in [6, 6.07) is 14.4. The van der Waals surface area contributed by atoms with Gasteiger partial charge in [0.25, 0.3) is 5.91 Å². The van der Waals surface area contributed by atoms with Crippen LogP contribution in [0.4, 0.5) is 11.4 Å². The molecule has 1 fully saturated rings. The van der Waals surface area contributed by atoms with Crippen LogP contribution >= 0.6 is 0 Å². The van der Waals surface area contributed by atoms with Crippen molar-refractivity contribution < 1.29 is 14.3 Å². The fraction of sp³-hybridized carbons (Fsp3) is 0.333. The second kappa shape index (κ2) is 6.83. The third-order valence-corrected chi connectivity index (χ3v) is 4.55. The molecule has 1 saturated heterocycles. The first-order chi connectivity index (χ1) is 12.3. The van der Waals surface area contributed by atoms with E-state index in [0.29, 0.717) is 11.4 Å². The Morgan fingerprint density at radius 3 is 2.38 bits per heavy atom. The quantitative estimate of drug-likeness (QED) is 0.852. The Kier molecular flexibility index (Phi) is 4.72. The van der Waals surface area contributed by atoms with Crippen molar-refractivity contribution in [3.05, 3.63) is 54.1 Å². The zero-order valence-corrected chi connectivity index (χ0v) is 15.6. The smallest absolute Gasteiger partial charge is 0.256 e. The molecule has 1 heterocycles. The summed E-state index contributed by atoms with van der Waals surface area (Å²) in [5, 5.41) is 3.18. The van der Waals surface area contributed by atoms with Crippen LogP contribution in [0.5, 0.6) is 5.75 Å². The van der Waals surface area contributed by atoms with Crippen molar-refractivity contribution in [2.24, 2.45) is 0 Å². The predicted octanol–water partition coefficient (Wildman–Crippen LogP) is 3.74. The number of ether oxygens (including phenoxy) is 1. The lowest BCUT2D eigenvalue weighted by Gasteiger charge is -2.20. The topological polar surface area (TPSA) is 58.6 Å². The molecular weight excluding hydrogens is 328 g/mol. The summed E-state index contributed by atoms with van der Waals surface area (Å²) in [7, 11) is 1.55. The Bertz CT molecular complexity index is 822. The number of carbonyl (C=O) groups is 2. The number of nitrogens with one attached hydrogen (secondary N) is 1. The zero-order valence-electron chi connectivity index (χ0n) is 15.6. The van der Waals surface area contributed by atoms with E-state index in [-0.39, 0.29) is 23.7 Å². The van der Waals surface area contributed by atoms with Crippen LogP contribution in [0.1, 0.15) is 32.8 Å². The summed E-state index contributed by atoms with van der Waals surface area (Å²) in [5.74, 6) is 0.146. The second-order valence-corrected chi connectivity index (χ2v) is 7.50. The Hall–Kier alpha value is -2.82. The Balaban J connectivity index is 1.76. The van der Waals surface area contributed by atoms with Crippen molar-refractivity contribution in [2.75, 3.05) is 17.3 Å². The number of benzene rings is 2. The number of amides is 2. The summed E-state index contributed by atoms with van der Waals surface area (Å²) in [6.07, 6.45) is 0.136. The van der Waals surface area contributed by atoms with Gasteiger partial charge in [0.15, 0.2) is 0 Å². The molecule has 3 rings (SSSR count). The minimum Gasteiger partial charge on any atom is -0.497 e. The highest BCUT2D eigenvalue weighted by Crippen LogP contribution is 2.28. The van der Waals surface area contributed by atoms with Gasteiger partial charge in [0.05, 0.1) is 19.2 Å². The number of anilines is 2. The van der Waals surface area contributed by atoms with Gasteiger partial charge in [0, 0.05) is 11.8 Å². The minimum atomic E-state index is -0.561. The minimum absolute atomic E-state index is 0.0703. The van der Waals surface area contributed by atoms with Crippen molar-refractivity contribution in [3.63, 3.8) is 0 Å². The highest BCUT2D eigenvalue weighted by Gasteiger charge is 2.39. The molecule has 0 aliphatic carbocycles. The molecule has 1 N–H and O–H groups in total. The molecule has 1 atom stereocenters. The van der Waals surface area contributed by atoms with Gasteiger partial charge < -0.3 is 10.1 Å². The van der Waals surface area contributed by atoms with Crippen molar-refractivity contribution in [1.82, 2.24) is 0 Å². The maximum atomic E-state index is 12.7. The number of nitrogens with zero attached hydrogens (tertiary/aromatic N) is 1. The molecule has 5 heteroatoms. The Morgan fingerprint density at radius 1 is 1.08 bits per heavy atom. The molecule has 1 aliphatic heterocycles. The van der Waals surface area contributed by atoms with Gasteiger partial charge >= 0.3 is 0 Å². The third-order valence-electron chi connectivity index (χ3n) is 4.55. The summed E-state index contributed by atoms with van der Waals surface area (Å²) < 4.78 is 5.18. The van der Waals surface area contributed by atoms with E-state index in [9.17, 15) is 9.59 Å². The maximum absolute atomic E-state index is 12.7. The maximum Gasteiger partial charge on any atom is 0.256 e. The van der Waals surface area contributed by atoms with Crippen molar-refractivity contribution in [2.45, 2.75) is 38.6 Å². The van der Waals surface area contributed by atoms with E-state index in [1.807, 2.05) is 24.3 Å². The first kappa shape index (κ1) is 18.0. The summed E-state index contributed by atoms with van der Waals surface area (Å²) in [6.45, 7) is 6.46. The Morgan fingerprint density at radius 2 is 1.77 bits per heavy atom. The molecule has 136 valence electrons. The van der Waals surface area contributed by atoms with Gasteiger partial charge in [-0.2, -0.15) is 0 Å². The average Bonchev–Trinajstić information content (AvgIpc) is 2.88. The van der Waals surface area contributed by atoms with Crippen LogP contribution in [0, 0.1) is 0 Å². The number of imide groups is 1. The largest absolute Gasteiger partial charge is 0.497 e. The van der Waals surface area contributed by atoms with Gasteiger partial charge in [-0.3, -0.25) is 9.59 Å². The Labute approximate surface area is 154 Å². The van der Waals surface area contributed by atoms with E-state index in [1.54, 1.807) is 31.4 Å². The predicted molar refractivity (Wildman–Crippen MR) is 103 cm³/mol. The fourth-order valence-electron chi connectivity index (χ4n) is 3.03. The molecule has 2 amide bonds. The highest BCUT2D eigenvalue weighted by molar-refractivity contribution is 6.23. The number of methoxy groups -OCH3 is 1. The van der Waals surface area contributed by atoms with Gasteiger partial charge in [-0.1, -0.05) is 39.0 Å². The molecule has 26 heavy (non-hydrogen) atoms. The van der Waals surface area contributed by atoms with Crippen LogP contribution in [-0.2, 0) is 15.0 Å². The first-order valence-corrected chi connectivity index (χ1v) is 8.67. The standard InChI is InChI=1S/C21H24N2O3/c1-21(2,3)14-8-10-15(11-9-14)22-18-13-19(24)23(20(18)25)16-6-5-7-17(12-16)26-4/h5-12,18,22H,13H2,1-4H3/t18-/m0/s1. The molecule has 5 nitrogen and oxygen atoms in total. The molecule has 0 bridgehead atoms. The van der Waals surface area contributed by atoms with Gasteiger partial charge in [-0.05, 0) is 35.2 Å². The van der Waals surface area contributed by atoms with Gasteiger partial charge in [0.2, 0.25) is 5.91 Å². The molecular formula is C21H24N2O3. The van der Waals surface area contributed by atoms with Crippen molar-refractivity contribution in [3.8, 4) is 5.75 Å². The molecule has 1 aliphatic rings. The van der Waals surface area contributed by atoms with Crippen LogP contribution in [0.2, 0.25) is 0 Å². The third kappa shape index (κ3) is 3.57. The summed E-state index contributed by atoms with van der Waals surface area (Å²) in [4.78, 5) is 26.4. The summed E-state index contributed by atoms with van der Waals surface area (Å²) >= 11 is 0. The van der Waals surface area contributed by atoms with E-state index in [1.165, 1.54) is 10.5 Å². The monoisotopic (exact) mass is 352 g/mol. The van der Waals surface area contributed by atoms with E-state index >= 15 is 0 Å². The van der Waals surface area contributed by atoms with Crippen LogP contribution in [0.3, 0.4) is 0 Å². The van der Waals surface area contributed by atoms with E-state index in [4.69, 9.17) is 4.74 Å². The fourth-order valence-corrected chi connectivity index (χ4v) is 3.03. The zero-order chi connectivity index (χ0) is 18.9. The lowest BCUT2D eigenvalue weighted by atomic mass is 9.87. The van der Waals surface area contributed by atoms with Crippen LogP contribution in [0.25, 0.3) is 0 Å². The highest BCUT2D eigenvalue weighted by atomic mass is 16.5. The lowest BCUT2D eigenvalue weighted by Crippen LogP contribution is -2.34. The van der Waals surface area contributed by atoms with Crippen molar-refractivity contribution >= 4 is 23.2 Å². The van der Waals surface area contributed by atoms with Crippen molar-refractivity contribution in [1.29, 1.82) is 0 Å². The van der Waals surface area contributed by atoms with Crippen LogP contribution in [0.15, 0.2) is 48.5 Å². The second-order valence-electron chi connectivity index (χ2n) is 7.50. The molecule has 0 spiro atoms. The van der Waals surface area contributed by atoms with E-state index in [2.05, 4.69) is 26.1 Å². The SMILES string of the molecule is COc1cccc(N2C(=O)C[C@H](Nc3ccc(C(C)(C)C)cc3)C2=O)c1. The number of rotatable bonds is 4. The van der Waals surface area contributed by atoms with E-state index in [0.717, 1.165) is 5.69 Å². The molecule has 0 saturated carbocycles. The number of carbonyl (C=O) groups excluding carboxylic acids is 2. The van der Waals surface area contributed by atoms with Gasteiger partial charge in [-0.25, -0.2) is 4.90 Å². The lowest BCUT2D eigenvalue weighted by molar-refractivity contribution is -0.121.